The summed E-state index contributed by atoms with van der Waals surface area (Å²) in [5.74, 6) is 0. The summed E-state index contributed by atoms with van der Waals surface area (Å²) >= 11 is 1.74. The van der Waals surface area contributed by atoms with Crippen molar-refractivity contribution in [3.05, 3.63) is 45.9 Å². The van der Waals surface area contributed by atoms with Crippen LogP contribution in [0.5, 0.6) is 0 Å². The number of nitrogens with one attached hydrogen (secondary N) is 1. The van der Waals surface area contributed by atoms with E-state index in [9.17, 15) is 0 Å². The Hall–Kier alpha value is -1.35. The van der Waals surface area contributed by atoms with E-state index in [2.05, 4.69) is 76.5 Å². The summed E-state index contributed by atoms with van der Waals surface area (Å²) in [6.45, 7) is 14.1. The average Bonchev–Trinajstić information content (AvgIpc) is 2.84. The van der Waals surface area contributed by atoms with Crippen molar-refractivity contribution in [3.63, 3.8) is 0 Å². The van der Waals surface area contributed by atoms with Crippen LogP contribution in [0, 0.1) is 0 Å². The van der Waals surface area contributed by atoms with Gasteiger partial charge in [0.2, 0.25) is 0 Å². The number of hydrogen-bond donors (Lipinski definition) is 1. The summed E-state index contributed by atoms with van der Waals surface area (Å²) < 4.78 is 0. The van der Waals surface area contributed by atoms with E-state index in [1.165, 1.54) is 16.9 Å². The van der Waals surface area contributed by atoms with Crippen molar-refractivity contribution in [2.45, 2.75) is 58.9 Å². The van der Waals surface area contributed by atoms with Crippen molar-refractivity contribution >= 4 is 17.0 Å². The summed E-state index contributed by atoms with van der Waals surface area (Å²) in [5, 5.41) is 6.86. The molecule has 0 fully saturated rings. The van der Waals surface area contributed by atoms with Gasteiger partial charge in [0, 0.05) is 16.5 Å². The van der Waals surface area contributed by atoms with Crippen LogP contribution < -0.4 is 5.32 Å². The second kappa shape index (κ2) is 5.80. The highest BCUT2D eigenvalue weighted by atomic mass is 32.1. The molecule has 3 heteroatoms. The number of rotatable bonds is 3. The van der Waals surface area contributed by atoms with Gasteiger partial charge in [0.05, 0.1) is 12.2 Å². The Bertz CT molecular complexity index is 600. The van der Waals surface area contributed by atoms with Gasteiger partial charge in [-0.3, -0.25) is 0 Å². The topological polar surface area (TPSA) is 24.9 Å². The van der Waals surface area contributed by atoms with Crippen LogP contribution >= 0.6 is 11.3 Å². The fourth-order valence-corrected chi connectivity index (χ4v) is 3.16. The molecule has 0 aliphatic rings. The van der Waals surface area contributed by atoms with Gasteiger partial charge < -0.3 is 5.32 Å². The highest BCUT2D eigenvalue weighted by Gasteiger charge is 2.19. The summed E-state index contributed by atoms with van der Waals surface area (Å²) in [4.78, 5) is 4.74. The number of hydrogen-bond acceptors (Lipinski definition) is 3. The van der Waals surface area contributed by atoms with E-state index < -0.39 is 0 Å². The highest BCUT2D eigenvalue weighted by molar-refractivity contribution is 7.09. The van der Waals surface area contributed by atoms with Gasteiger partial charge in [-0.25, -0.2) is 4.98 Å². The molecule has 0 radical (unpaired) electrons. The quantitative estimate of drug-likeness (QED) is 0.826. The molecule has 21 heavy (non-hydrogen) atoms. The lowest BCUT2D eigenvalue weighted by Gasteiger charge is -2.23. The number of aromatic nitrogens is 1. The zero-order chi connectivity index (χ0) is 15.7. The van der Waals surface area contributed by atoms with Gasteiger partial charge in [-0.15, -0.1) is 11.3 Å². The first kappa shape index (κ1) is 16.0. The van der Waals surface area contributed by atoms with Crippen molar-refractivity contribution in [1.82, 2.24) is 4.98 Å². The van der Waals surface area contributed by atoms with Gasteiger partial charge in [0.1, 0.15) is 5.01 Å². The number of thiazole rings is 1. The molecule has 0 bridgehead atoms. The monoisotopic (exact) mass is 302 g/mol. The van der Waals surface area contributed by atoms with Crippen molar-refractivity contribution in [1.29, 1.82) is 0 Å². The molecule has 114 valence electrons. The molecule has 0 unspecified atom stereocenters. The molecule has 0 atom stereocenters. The minimum absolute atomic E-state index is 0.123. The van der Waals surface area contributed by atoms with E-state index in [1.54, 1.807) is 11.3 Å². The predicted molar refractivity (Wildman–Crippen MR) is 93.3 cm³/mol. The molecule has 1 N–H and O–H groups in total. The first-order valence-electron chi connectivity index (χ1n) is 7.46. The third-order valence-corrected chi connectivity index (χ3v) is 4.33. The Morgan fingerprint density at radius 1 is 1.00 bits per heavy atom. The summed E-state index contributed by atoms with van der Waals surface area (Å²) in [6.07, 6.45) is 0. The van der Waals surface area contributed by atoms with Gasteiger partial charge in [-0.05, 0) is 17.0 Å². The zero-order valence-corrected chi connectivity index (χ0v) is 14.8. The van der Waals surface area contributed by atoms with Crippen LogP contribution in [0.25, 0.3) is 0 Å². The highest BCUT2D eigenvalue weighted by Crippen LogP contribution is 2.30. The van der Waals surface area contributed by atoms with E-state index in [0.717, 1.165) is 11.6 Å². The van der Waals surface area contributed by atoms with Crippen LogP contribution in [-0.2, 0) is 17.4 Å². The normalized spacial score (nSPS) is 12.5. The minimum atomic E-state index is 0.123. The fraction of sp³-hybridized carbons (Fsp3) is 0.500. The van der Waals surface area contributed by atoms with Gasteiger partial charge in [-0.2, -0.15) is 0 Å². The van der Waals surface area contributed by atoms with Crippen LogP contribution in [0.3, 0.4) is 0 Å². The van der Waals surface area contributed by atoms with E-state index in [1.807, 2.05) is 0 Å². The van der Waals surface area contributed by atoms with Crippen molar-refractivity contribution < 1.29 is 0 Å². The number of nitrogens with zero attached hydrogens (tertiary/aromatic N) is 1. The molecule has 0 spiro atoms. The Morgan fingerprint density at radius 3 is 2.24 bits per heavy atom. The SMILES string of the molecule is CC(C)(C)c1csc(CNc2ccccc2C(C)(C)C)n1. The maximum Gasteiger partial charge on any atom is 0.112 e. The molecular formula is C18H26N2S. The number of benzene rings is 1. The zero-order valence-electron chi connectivity index (χ0n) is 13.9. The standard InChI is InChI=1S/C18H26N2S/c1-17(2,3)13-9-7-8-10-14(13)19-11-16-20-15(12-21-16)18(4,5)6/h7-10,12,19H,11H2,1-6H3. The Balaban J connectivity index is 2.12. The van der Waals surface area contributed by atoms with E-state index in [-0.39, 0.29) is 10.8 Å². The predicted octanol–water partition coefficient (Wildman–Crippen LogP) is 5.35. The second-order valence-electron chi connectivity index (χ2n) is 7.53. The van der Waals surface area contributed by atoms with Crippen molar-refractivity contribution in [3.8, 4) is 0 Å². The van der Waals surface area contributed by atoms with E-state index >= 15 is 0 Å². The van der Waals surface area contributed by atoms with Crippen molar-refractivity contribution in [2.24, 2.45) is 0 Å². The number of anilines is 1. The largest absolute Gasteiger partial charge is 0.378 e. The van der Waals surface area contributed by atoms with E-state index in [4.69, 9.17) is 4.98 Å². The maximum absolute atomic E-state index is 4.74. The lowest BCUT2D eigenvalue weighted by atomic mass is 9.86. The average molecular weight is 302 g/mol. The van der Waals surface area contributed by atoms with Gasteiger partial charge in [0.15, 0.2) is 0 Å². The molecule has 1 heterocycles. The van der Waals surface area contributed by atoms with Crippen LogP contribution in [0.2, 0.25) is 0 Å². The number of para-hydroxylation sites is 1. The summed E-state index contributed by atoms with van der Waals surface area (Å²) in [7, 11) is 0. The van der Waals surface area contributed by atoms with Gasteiger partial charge >= 0.3 is 0 Å². The Kier molecular flexibility index (Phi) is 4.43. The van der Waals surface area contributed by atoms with Crippen LogP contribution in [0.15, 0.2) is 29.6 Å². The van der Waals surface area contributed by atoms with Crippen molar-refractivity contribution in [2.75, 3.05) is 5.32 Å². The third-order valence-electron chi connectivity index (χ3n) is 3.49. The van der Waals surface area contributed by atoms with E-state index in [0.29, 0.717) is 0 Å². The third kappa shape index (κ3) is 4.07. The minimum Gasteiger partial charge on any atom is -0.378 e. The Morgan fingerprint density at radius 2 is 1.67 bits per heavy atom. The lowest BCUT2D eigenvalue weighted by molar-refractivity contribution is 0.571. The molecule has 2 rings (SSSR count). The summed E-state index contributed by atoms with van der Waals surface area (Å²) in [5.41, 5.74) is 3.99. The second-order valence-corrected chi connectivity index (χ2v) is 8.47. The molecule has 2 nitrogen and oxygen atoms in total. The molecular weight excluding hydrogens is 276 g/mol. The molecule has 1 aromatic heterocycles. The molecule has 0 saturated heterocycles. The maximum atomic E-state index is 4.74. The lowest BCUT2D eigenvalue weighted by Crippen LogP contribution is -2.15. The van der Waals surface area contributed by atoms with Gasteiger partial charge in [0.25, 0.3) is 0 Å². The first-order chi connectivity index (χ1) is 9.68. The molecule has 0 amide bonds. The first-order valence-corrected chi connectivity index (χ1v) is 8.34. The Labute approximate surface area is 132 Å². The van der Waals surface area contributed by atoms with Crippen LogP contribution in [-0.4, -0.2) is 4.98 Å². The summed E-state index contributed by atoms with van der Waals surface area (Å²) in [6, 6.07) is 8.54. The molecule has 0 aliphatic heterocycles. The molecule has 2 aromatic rings. The molecule has 1 aromatic carbocycles. The molecule has 0 aliphatic carbocycles. The smallest absolute Gasteiger partial charge is 0.112 e. The fourth-order valence-electron chi connectivity index (χ4n) is 2.20. The van der Waals surface area contributed by atoms with Crippen LogP contribution in [0.4, 0.5) is 5.69 Å². The van der Waals surface area contributed by atoms with Crippen LogP contribution in [0.1, 0.15) is 57.8 Å². The molecule has 0 saturated carbocycles. The van der Waals surface area contributed by atoms with Gasteiger partial charge in [-0.1, -0.05) is 59.7 Å².